The van der Waals surface area contributed by atoms with E-state index in [1.165, 1.54) is 6.21 Å². The van der Waals surface area contributed by atoms with Gasteiger partial charge in [-0.3, -0.25) is 4.79 Å². The first-order valence-electron chi connectivity index (χ1n) is 6.61. The highest BCUT2D eigenvalue weighted by atomic mass is 79.9. The number of ether oxygens (including phenoxy) is 2. The molecule has 6 nitrogen and oxygen atoms in total. The van der Waals surface area contributed by atoms with E-state index in [2.05, 4.69) is 26.5 Å². The quantitative estimate of drug-likeness (QED) is 0.603. The van der Waals surface area contributed by atoms with Crippen molar-refractivity contribution in [1.82, 2.24) is 5.43 Å². The van der Waals surface area contributed by atoms with E-state index >= 15 is 0 Å². The fourth-order valence-corrected chi connectivity index (χ4v) is 1.90. The van der Waals surface area contributed by atoms with Crippen LogP contribution in [0.1, 0.15) is 12.7 Å². The number of amides is 1. The Balaban J connectivity index is 1.81. The highest BCUT2D eigenvalue weighted by molar-refractivity contribution is 9.10. The number of carbonyl (C=O) groups excluding carboxylic acids is 1. The van der Waals surface area contributed by atoms with Crippen LogP contribution >= 0.6 is 15.9 Å². The van der Waals surface area contributed by atoms with E-state index < -0.39 is 0 Å². The van der Waals surface area contributed by atoms with Crippen LogP contribution in [0.25, 0.3) is 0 Å². The molecule has 0 atom stereocenters. The Kier molecular flexibility index (Phi) is 6.02. The number of hydrazone groups is 1. The number of benzene rings is 1. The maximum absolute atomic E-state index is 11.7. The van der Waals surface area contributed by atoms with Crippen molar-refractivity contribution in [2.24, 2.45) is 5.10 Å². The molecule has 2 rings (SSSR count). The maximum atomic E-state index is 11.7. The van der Waals surface area contributed by atoms with Gasteiger partial charge < -0.3 is 13.9 Å². The van der Waals surface area contributed by atoms with Gasteiger partial charge in [-0.05, 0) is 47.1 Å². The summed E-state index contributed by atoms with van der Waals surface area (Å²) in [5.74, 6) is 1.25. The van der Waals surface area contributed by atoms with E-state index in [-0.39, 0.29) is 12.5 Å². The fraction of sp³-hybridized carbons (Fsp3) is 0.200. The van der Waals surface area contributed by atoms with Gasteiger partial charge in [0.05, 0.1) is 12.8 Å². The van der Waals surface area contributed by atoms with Crippen LogP contribution in [0.3, 0.4) is 0 Å². The summed E-state index contributed by atoms with van der Waals surface area (Å²) in [6, 6.07) is 10.6. The van der Waals surface area contributed by atoms with Crippen LogP contribution in [0.2, 0.25) is 0 Å². The molecule has 1 heterocycles. The summed E-state index contributed by atoms with van der Waals surface area (Å²) in [6.07, 6.45) is 1.40. The second kappa shape index (κ2) is 8.23. The molecule has 0 saturated heterocycles. The molecule has 2 aromatic rings. The second-order valence-electron chi connectivity index (χ2n) is 4.10. The third-order valence-electron chi connectivity index (χ3n) is 2.48. The Morgan fingerprint density at radius 2 is 2.00 bits per heavy atom. The number of para-hydroxylation sites is 2. The van der Waals surface area contributed by atoms with Crippen LogP contribution in [0, 0.1) is 0 Å². The van der Waals surface area contributed by atoms with Crippen molar-refractivity contribution >= 4 is 28.1 Å². The van der Waals surface area contributed by atoms with Gasteiger partial charge >= 0.3 is 0 Å². The Hall–Kier alpha value is -2.28. The Morgan fingerprint density at radius 3 is 2.64 bits per heavy atom. The van der Waals surface area contributed by atoms with Crippen LogP contribution in [0.5, 0.6) is 11.5 Å². The highest BCUT2D eigenvalue weighted by Crippen LogP contribution is 2.26. The summed E-state index contributed by atoms with van der Waals surface area (Å²) < 4.78 is 16.6. The Bertz CT molecular complexity index is 654. The van der Waals surface area contributed by atoms with E-state index in [0.29, 0.717) is 28.5 Å². The summed E-state index contributed by atoms with van der Waals surface area (Å²) >= 11 is 3.18. The molecular weight excluding hydrogens is 352 g/mol. The van der Waals surface area contributed by atoms with Crippen LogP contribution in [-0.4, -0.2) is 25.3 Å². The lowest BCUT2D eigenvalue weighted by atomic mass is 10.3. The van der Waals surface area contributed by atoms with E-state index in [9.17, 15) is 4.79 Å². The van der Waals surface area contributed by atoms with Gasteiger partial charge in [0, 0.05) is 0 Å². The predicted molar refractivity (Wildman–Crippen MR) is 85.3 cm³/mol. The van der Waals surface area contributed by atoms with Crippen molar-refractivity contribution in [2.45, 2.75) is 6.92 Å². The zero-order valence-corrected chi connectivity index (χ0v) is 13.5. The molecule has 1 aromatic heterocycles. The minimum Gasteiger partial charge on any atom is -0.490 e. The topological polar surface area (TPSA) is 73.1 Å². The van der Waals surface area contributed by atoms with Gasteiger partial charge in [-0.1, -0.05) is 12.1 Å². The van der Waals surface area contributed by atoms with Gasteiger partial charge in [0.2, 0.25) is 0 Å². The van der Waals surface area contributed by atoms with Crippen LogP contribution < -0.4 is 14.9 Å². The molecule has 116 valence electrons. The number of nitrogens with zero attached hydrogens (tertiary/aromatic N) is 1. The number of rotatable bonds is 7. The lowest BCUT2D eigenvalue weighted by Gasteiger charge is -2.10. The average Bonchev–Trinajstić information content (AvgIpc) is 2.92. The third kappa shape index (κ3) is 4.92. The van der Waals surface area contributed by atoms with Crippen LogP contribution in [-0.2, 0) is 4.79 Å². The zero-order valence-electron chi connectivity index (χ0n) is 11.9. The van der Waals surface area contributed by atoms with Crippen molar-refractivity contribution in [3.05, 3.63) is 46.8 Å². The molecule has 1 amide bonds. The van der Waals surface area contributed by atoms with E-state index in [0.717, 1.165) is 0 Å². The predicted octanol–water partition coefficient (Wildman–Crippen LogP) is 2.97. The molecule has 0 aliphatic rings. The molecule has 0 saturated carbocycles. The second-order valence-corrected chi connectivity index (χ2v) is 4.89. The lowest BCUT2D eigenvalue weighted by Crippen LogP contribution is -2.24. The normalized spacial score (nSPS) is 10.6. The molecule has 0 aliphatic heterocycles. The monoisotopic (exact) mass is 366 g/mol. The molecule has 1 N–H and O–H groups in total. The van der Waals surface area contributed by atoms with Gasteiger partial charge in [0.15, 0.2) is 22.8 Å². The molecule has 0 aliphatic carbocycles. The molecule has 0 fully saturated rings. The number of hydrogen-bond donors (Lipinski definition) is 1. The van der Waals surface area contributed by atoms with Crippen molar-refractivity contribution < 1.29 is 18.7 Å². The van der Waals surface area contributed by atoms with Crippen LogP contribution in [0.15, 0.2) is 50.6 Å². The number of halogens is 1. The van der Waals surface area contributed by atoms with E-state index in [1.807, 2.05) is 19.1 Å². The maximum Gasteiger partial charge on any atom is 0.277 e. The third-order valence-corrected chi connectivity index (χ3v) is 2.91. The number of nitrogens with one attached hydrogen (secondary N) is 1. The number of carbonyl (C=O) groups is 1. The molecule has 0 spiro atoms. The molecular formula is C15H15BrN2O4. The first kappa shape index (κ1) is 16.1. The molecule has 7 heteroatoms. The SMILES string of the molecule is CCOc1ccccc1OCC(=O)N/N=C/c1ccc(Br)o1. The van der Waals surface area contributed by atoms with Gasteiger partial charge in [0.25, 0.3) is 5.91 Å². The molecule has 1 aromatic carbocycles. The van der Waals surface area contributed by atoms with Gasteiger partial charge in [0.1, 0.15) is 5.76 Å². The van der Waals surface area contributed by atoms with Crippen molar-refractivity contribution in [1.29, 1.82) is 0 Å². The standard InChI is InChI=1S/C15H15BrN2O4/c1-2-20-12-5-3-4-6-13(12)21-10-15(19)18-17-9-11-7-8-14(16)22-11/h3-9H,2,10H2,1H3,(H,18,19)/b17-9+. The van der Waals surface area contributed by atoms with Gasteiger partial charge in [-0.15, -0.1) is 0 Å². The van der Waals surface area contributed by atoms with Crippen LogP contribution in [0.4, 0.5) is 0 Å². The highest BCUT2D eigenvalue weighted by Gasteiger charge is 2.06. The Morgan fingerprint density at radius 1 is 1.27 bits per heavy atom. The summed E-state index contributed by atoms with van der Waals surface area (Å²) in [6.45, 7) is 2.24. The Labute approximate surface area is 136 Å². The summed E-state index contributed by atoms with van der Waals surface area (Å²) in [4.78, 5) is 11.7. The lowest BCUT2D eigenvalue weighted by molar-refractivity contribution is -0.123. The molecule has 0 radical (unpaired) electrons. The van der Waals surface area contributed by atoms with Gasteiger partial charge in [-0.25, -0.2) is 5.43 Å². The first-order valence-corrected chi connectivity index (χ1v) is 7.40. The van der Waals surface area contributed by atoms with E-state index in [4.69, 9.17) is 13.9 Å². The summed E-state index contributed by atoms with van der Waals surface area (Å²) in [5.41, 5.74) is 2.35. The van der Waals surface area contributed by atoms with Crippen molar-refractivity contribution in [3.63, 3.8) is 0 Å². The van der Waals surface area contributed by atoms with E-state index in [1.54, 1.807) is 24.3 Å². The summed E-state index contributed by atoms with van der Waals surface area (Å²) in [7, 11) is 0. The molecule has 22 heavy (non-hydrogen) atoms. The number of hydrogen-bond acceptors (Lipinski definition) is 5. The zero-order chi connectivity index (χ0) is 15.8. The van der Waals surface area contributed by atoms with Gasteiger partial charge in [-0.2, -0.15) is 5.10 Å². The van der Waals surface area contributed by atoms with Crippen molar-refractivity contribution in [2.75, 3.05) is 13.2 Å². The first-order chi connectivity index (χ1) is 10.7. The molecule has 0 unspecified atom stereocenters. The smallest absolute Gasteiger partial charge is 0.277 e. The van der Waals surface area contributed by atoms with Crippen molar-refractivity contribution in [3.8, 4) is 11.5 Å². The largest absolute Gasteiger partial charge is 0.490 e. The minimum absolute atomic E-state index is 0.163. The average molecular weight is 367 g/mol. The number of furan rings is 1. The molecule has 0 bridgehead atoms. The minimum atomic E-state index is -0.381. The fourth-order valence-electron chi connectivity index (χ4n) is 1.59. The summed E-state index contributed by atoms with van der Waals surface area (Å²) in [5, 5.41) is 3.78.